The molecule has 102 valence electrons. The average Bonchev–Trinajstić information content (AvgIpc) is 2.35. The molecular formula is C11H17ClN2O3S. The monoisotopic (exact) mass is 292 g/mol. The Morgan fingerprint density at radius 3 is 2.67 bits per heavy atom. The van der Waals surface area contributed by atoms with E-state index in [2.05, 4.69) is 10.0 Å². The van der Waals surface area contributed by atoms with Crippen LogP contribution in [-0.2, 0) is 10.0 Å². The van der Waals surface area contributed by atoms with E-state index < -0.39 is 10.0 Å². The molecule has 0 saturated heterocycles. The minimum absolute atomic E-state index is 0.0500. The first-order valence-corrected chi connectivity index (χ1v) is 7.41. The summed E-state index contributed by atoms with van der Waals surface area (Å²) in [5.41, 5.74) is 0. The van der Waals surface area contributed by atoms with E-state index in [9.17, 15) is 8.42 Å². The van der Waals surface area contributed by atoms with Crippen molar-refractivity contribution in [1.82, 2.24) is 10.0 Å². The van der Waals surface area contributed by atoms with Crippen LogP contribution in [0.2, 0.25) is 5.02 Å². The Morgan fingerprint density at radius 2 is 2.06 bits per heavy atom. The van der Waals surface area contributed by atoms with Crippen LogP contribution in [0.4, 0.5) is 0 Å². The number of sulfonamides is 1. The van der Waals surface area contributed by atoms with Gasteiger partial charge in [-0.05, 0) is 24.7 Å². The highest BCUT2D eigenvalue weighted by Crippen LogP contribution is 2.26. The number of hydrogen-bond acceptors (Lipinski definition) is 4. The van der Waals surface area contributed by atoms with Crippen molar-refractivity contribution in [3.05, 3.63) is 23.2 Å². The minimum Gasteiger partial charge on any atom is -0.495 e. The highest BCUT2D eigenvalue weighted by Gasteiger charge is 2.19. The Hall–Kier alpha value is -0.820. The predicted octanol–water partition coefficient (Wildman–Crippen LogP) is 1.24. The molecule has 0 atom stereocenters. The van der Waals surface area contributed by atoms with Crippen molar-refractivity contribution in [2.45, 2.75) is 11.8 Å². The number of hydrogen-bond donors (Lipinski definition) is 2. The Morgan fingerprint density at radius 1 is 1.33 bits per heavy atom. The van der Waals surface area contributed by atoms with Crippen LogP contribution in [0, 0.1) is 0 Å². The molecule has 0 aromatic heterocycles. The largest absolute Gasteiger partial charge is 0.495 e. The molecule has 2 N–H and O–H groups in total. The second-order valence-corrected chi connectivity index (χ2v) is 5.72. The smallest absolute Gasteiger partial charge is 0.244 e. The molecular weight excluding hydrogens is 276 g/mol. The maximum absolute atomic E-state index is 12.0. The lowest BCUT2D eigenvalue weighted by molar-refractivity contribution is 0.402. The molecule has 5 nitrogen and oxygen atoms in total. The van der Waals surface area contributed by atoms with Gasteiger partial charge < -0.3 is 10.1 Å². The summed E-state index contributed by atoms with van der Waals surface area (Å²) in [6.07, 6.45) is 0. The molecule has 0 aliphatic heterocycles. The van der Waals surface area contributed by atoms with E-state index in [1.807, 2.05) is 6.92 Å². The zero-order chi connectivity index (χ0) is 13.6. The first-order chi connectivity index (χ1) is 8.51. The van der Waals surface area contributed by atoms with E-state index in [1.165, 1.54) is 19.2 Å². The lowest BCUT2D eigenvalue weighted by Gasteiger charge is -2.11. The maximum Gasteiger partial charge on any atom is 0.244 e. The molecule has 1 aromatic rings. The van der Waals surface area contributed by atoms with Crippen molar-refractivity contribution < 1.29 is 13.2 Å². The zero-order valence-corrected chi connectivity index (χ0v) is 11.9. The molecule has 7 heteroatoms. The van der Waals surface area contributed by atoms with Crippen LogP contribution in [0.25, 0.3) is 0 Å². The number of methoxy groups -OCH3 is 1. The molecule has 0 aliphatic rings. The van der Waals surface area contributed by atoms with Crippen molar-refractivity contribution in [2.24, 2.45) is 0 Å². The molecule has 1 aromatic carbocycles. The number of nitrogens with one attached hydrogen (secondary N) is 2. The summed E-state index contributed by atoms with van der Waals surface area (Å²) in [4.78, 5) is 0.0500. The number of rotatable bonds is 7. The Bertz CT molecular complexity index is 491. The van der Waals surface area contributed by atoms with Gasteiger partial charge in [0.25, 0.3) is 0 Å². The number of likely N-dealkylation sites (N-methyl/N-ethyl adjacent to an activating group) is 1. The van der Waals surface area contributed by atoms with Crippen LogP contribution in [0.15, 0.2) is 23.1 Å². The van der Waals surface area contributed by atoms with Gasteiger partial charge in [0.05, 0.1) is 7.11 Å². The molecule has 0 fully saturated rings. The third-order valence-electron chi connectivity index (χ3n) is 2.26. The zero-order valence-electron chi connectivity index (χ0n) is 10.4. The normalized spacial score (nSPS) is 11.5. The van der Waals surface area contributed by atoms with Gasteiger partial charge in [0, 0.05) is 18.1 Å². The second kappa shape index (κ2) is 6.94. The van der Waals surface area contributed by atoms with Gasteiger partial charge in [-0.25, -0.2) is 13.1 Å². The minimum atomic E-state index is -3.61. The van der Waals surface area contributed by atoms with Crippen molar-refractivity contribution in [3.8, 4) is 5.75 Å². The highest BCUT2D eigenvalue weighted by atomic mass is 35.5. The van der Waals surface area contributed by atoms with Gasteiger partial charge in [-0.3, -0.25) is 0 Å². The standard InChI is InChI=1S/C11H17ClN2O3S/c1-3-13-6-7-14-18(15,16)11-8-9(12)4-5-10(11)17-2/h4-5,8,13-14H,3,6-7H2,1-2H3. The molecule has 0 aliphatic carbocycles. The molecule has 0 bridgehead atoms. The van der Waals surface area contributed by atoms with Crippen LogP contribution < -0.4 is 14.8 Å². The van der Waals surface area contributed by atoms with Gasteiger partial charge in [0.1, 0.15) is 10.6 Å². The number of ether oxygens (including phenoxy) is 1. The van der Waals surface area contributed by atoms with Crippen molar-refractivity contribution in [1.29, 1.82) is 0 Å². The highest BCUT2D eigenvalue weighted by molar-refractivity contribution is 7.89. The van der Waals surface area contributed by atoms with Gasteiger partial charge in [0.15, 0.2) is 0 Å². The van der Waals surface area contributed by atoms with Crippen LogP contribution in [0.3, 0.4) is 0 Å². The van der Waals surface area contributed by atoms with Crippen LogP contribution >= 0.6 is 11.6 Å². The van der Waals surface area contributed by atoms with E-state index in [0.717, 1.165) is 6.54 Å². The SMILES string of the molecule is CCNCCNS(=O)(=O)c1cc(Cl)ccc1OC. The molecule has 0 saturated carbocycles. The molecule has 1 rings (SSSR count). The number of halogens is 1. The summed E-state index contributed by atoms with van der Waals surface area (Å²) in [6.45, 7) is 3.63. The summed E-state index contributed by atoms with van der Waals surface area (Å²) in [7, 11) is -2.19. The molecule has 0 amide bonds. The molecule has 0 heterocycles. The fourth-order valence-electron chi connectivity index (χ4n) is 1.39. The summed E-state index contributed by atoms with van der Waals surface area (Å²) in [5, 5.41) is 3.38. The van der Waals surface area contributed by atoms with Gasteiger partial charge >= 0.3 is 0 Å². The van der Waals surface area contributed by atoms with Gasteiger partial charge in [-0.15, -0.1) is 0 Å². The molecule has 0 radical (unpaired) electrons. The predicted molar refractivity (Wildman–Crippen MR) is 71.7 cm³/mol. The van der Waals surface area contributed by atoms with Crippen LogP contribution in [0.1, 0.15) is 6.92 Å². The Balaban J connectivity index is 2.87. The fraction of sp³-hybridized carbons (Fsp3) is 0.455. The van der Waals surface area contributed by atoms with Crippen molar-refractivity contribution >= 4 is 21.6 Å². The lowest BCUT2D eigenvalue weighted by Crippen LogP contribution is -2.32. The first-order valence-electron chi connectivity index (χ1n) is 5.55. The first kappa shape index (κ1) is 15.2. The van der Waals surface area contributed by atoms with Crippen molar-refractivity contribution in [3.63, 3.8) is 0 Å². The fourth-order valence-corrected chi connectivity index (χ4v) is 2.85. The van der Waals surface area contributed by atoms with Crippen LogP contribution in [0.5, 0.6) is 5.75 Å². The van der Waals surface area contributed by atoms with Gasteiger partial charge in [0.2, 0.25) is 10.0 Å². The third-order valence-corrected chi connectivity index (χ3v) is 3.98. The summed E-state index contributed by atoms with van der Waals surface area (Å²) in [5.74, 6) is 0.273. The van der Waals surface area contributed by atoms with Crippen molar-refractivity contribution in [2.75, 3.05) is 26.7 Å². The van der Waals surface area contributed by atoms with E-state index >= 15 is 0 Å². The number of benzene rings is 1. The van der Waals surface area contributed by atoms with E-state index in [1.54, 1.807) is 6.07 Å². The average molecular weight is 293 g/mol. The second-order valence-electron chi connectivity index (χ2n) is 3.55. The topological polar surface area (TPSA) is 67.4 Å². The summed E-state index contributed by atoms with van der Waals surface area (Å²) < 4.78 is 31.6. The summed E-state index contributed by atoms with van der Waals surface area (Å²) in [6, 6.07) is 4.48. The van der Waals surface area contributed by atoms with Gasteiger partial charge in [-0.1, -0.05) is 18.5 Å². The molecule has 0 unspecified atom stereocenters. The lowest BCUT2D eigenvalue weighted by atomic mass is 10.3. The third kappa shape index (κ3) is 4.13. The van der Waals surface area contributed by atoms with E-state index in [-0.39, 0.29) is 10.6 Å². The van der Waals surface area contributed by atoms with E-state index in [0.29, 0.717) is 18.1 Å². The summed E-state index contributed by atoms with van der Waals surface area (Å²) >= 11 is 5.80. The maximum atomic E-state index is 12.0. The van der Waals surface area contributed by atoms with Crippen LogP contribution in [-0.4, -0.2) is 35.2 Å². The van der Waals surface area contributed by atoms with Gasteiger partial charge in [-0.2, -0.15) is 0 Å². The molecule has 0 spiro atoms. The quantitative estimate of drug-likeness (QED) is 0.742. The van der Waals surface area contributed by atoms with E-state index in [4.69, 9.17) is 16.3 Å². The Kier molecular flexibility index (Phi) is 5.87. The molecule has 18 heavy (non-hydrogen) atoms. The Labute approximate surface area is 113 Å².